The molecule has 1 nitrogen and oxygen atoms in total. The first-order valence-electron chi connectivity index (χ1n) is 6.76. The molecule has 0 saturated carbocycles. The Morgan fingerprint density at radius 1 is 0.900 bits per heavy atom. The zero-order chi connectivity index (χ0) is 14.7. The Bertz CT molecular complexity index is 576. The molecule has 2 aromatic rings. The minimum atomic E-state index is -0.0338. The molecule has 2 aromatic carbocycles. The van der Waals surface area contributed by atoms with Gasteiger partial charge in [0.15, 0.2) is 0 Å². The maximum atomic E-state index is 6.27. The molecule has 0 aliphatic rings. The number of halogens is 2. The standard InChI is InChI=1S/C17H19Cl2N/c1-11(2)13-4-6-14(7-5-13)17(20)10-12-3-8-15(18)16(19)9-12/h3-9,11,17H,10,20H2,1-2H3. The molecule has 0 amide bonds. The van der Waals surface area contributed by atoms with Crippen LogP contribution in [0.1, 0.15) is 42.5 Å². The number of hydrogen-bond donors (Lipinski definition) is 1. The minimum Gasteiger partial charge on any atom is -0.324 e. The number of benzene rings is 2. The van der Waals surface area contributed by atoms with Crippen LogP contribution < -0.4 is 5.73 Å². The smallest absolute Gasteiger partial charge is 0.0595 e. The van der Waals surface area contributed by atoms with Crippen molar-refractivity contribution in [3.63, 3.8) is 0 Å². The second-order valence-corrected chi connectivity index (χ2v) is 6.19. The number of rotatable bonds is 4. The third-order valence-electron chi connectivity index (χ3n) is 3.47. The van der Waals surface area contributed by atoms with Crippen molar-refractivity contribution in [1.29, 1.82) is 0 Å². The van der Waals surface area contributed by atoms with Gasteiger partial charge in [-0.05, 0) is 41.2 Å². The summed E-state index contributed by atoms with van der Waals surface area (Å²) in [6, 6.07) is 14.1. The van der Waals surface area contributed by atoms with Gasteiger partial charge in [-0.15, -0.1) is 0 Å². The van der Waals surface area contributed by atoms with Gasteiger partial charge in [-0.2, -0.15) is 0 Å². The van der Waals surface area contributed by atoms with Crippen LogP contribution in [-0.2, 0) is 6.42 Å². The summed E-state index contributed by atoms with van der Waals surface area (Å²) in [5, 5.41) is 1.15. The van der Waals surface area contributed by atoms with Gasteiger partial charge in [0.1, 0.15) is 0 Å². The maximum Gasteiger partial charge on any atom is 0.0595 e. The molecule has 0 saturated heterocycles. The van der Waals surface area contributed by atoms with E-state index in [0.717, 1.165) is 17.5 Å². The van der Waals surface area contributed by atoms with Crippen molar-refractivity contribution in [2.45, 2.75) is 32.2 Å². The fourth-order valence-corrected chi connectivity index (χ4v) is 2.49. The first-order valence-corrected chi connectivity index (χ1v) is 7.52. The van der Waals surface area contributed by atoms with Crippen LogP contribution in [0.25, 0.3) is 0 Å². The molecule has 106 valence electrons. The largest absolute Gasteiger partial charge is 0.324 e. The third-order valence-corrected chi connectivity index (χ3v) is 4.21. The Morgan fingerprint density at radius 3 is 2.05 bits per heavy atom. The van der Waals surface area contributed by atoms with E-state index >= 15 is 0 Å². The van der Waals surface area contributed by atoms with Gasteiger partial charge in [-0.3, -0.25) is 0 Å². The summed E-state index contributed by atoms with van der Waals surface area (Å²) < 4.78 is 0. The Morgan fingerprint density at radius 2 is 1.50 bits per heavy atom. The Hall–Kier alpha value is -1.02. The molecule has 1 unspecified atom stereocenters. The Labute approximate surface area is 130 Å². The summed E-state index contributed by atoms with van der Waals surface area (Å²) >= 11 is 11.9. The second-order valence-electron chi connectivity index (χ2n) is 5.38. The summed E-state index contributed by atoms with van der Waals surface area (Å²) in [6.45, 7) is 4.37. The average molecular weight is 308 g/mol. The van der Waals surface area contributed by atoms with Crippen LogP contribution in [0.5, 0.6) is 0 Å². The van der Waals surface area contributed by atoms with Crippen molar-refractivity contribution in [2.24, 2.45) is 5.73 Å². The normalized spacial score (nSPS) is 12.7. The van der Waals surface area contributed by atoms with Gasteiger partial charge in [0.25, 0.3) is 0 Å². The Kier molecular flexibility index (Phi) is 5.09. The molecule has 0 aliphatic heterocycles. The lowest BCUT2D eigenvalue weighted by Gasteiger charge is -2.14. The van der Waals surface area contributed by atoms with Crippen LogP contribution in [-0.4, -0.2) is 0 Å². The predicted octanol–water partition coefficient (Wildman–Crippen LogP) is 5.36. The fourth-order valence-electron chi connectivity index (χ4n) is 2.17. The zero-order valence-electron chi connectivity index (χ0n) is 11.7. The first-order chi connectivity index (χ1) is 9.47. The summed E-state index contributed by atoms with van der Waals surface area (Å²) in [5.41, 5.74) is 9.83. The molecule has 3 heteroatoms. The molecule has 2 rings (SSSR count). The van der Waals surface area contributed by atoms with Gasteiger partial charge < -0.3 is 5.73 Å². The summed E-state index contributed by atoms with van der Waals surface area (Å²) in [5.74, 6) is 0.537. The van der Waals surface area contributed by atoms with Crippen LogP contribution in [0.3, 0.4) is 0 Å². The molecule has 0 aromatic heterocycles. The SMILES string of the molecule is CC(C)c1ccc(C(N)Cc2ccc(Cl)c(Cl)c2)cc1. The fraction of sp³-hybridized carbons (Fsp3) is 0.294. The predicted molar refractivity (Wildman–Crippen MR) is 87.6 cm³/mol. The van der Waals surface area contributed by atoms with Crippen molar-refractivity contribution in [1.82, 2.24) is 0 Å². The van der Waals surface area contributed by atoms with E-state index in [0.29, 0.717) is 16.0 Å². The first kappa shape index (κ1) is 15.4. The van der Waals surface area contributed by atoms with E-state index in [2.05, 4.69) is 38.1 Å². The number of hydrogen-bond acceptors (Lipinski definition) is 1. The summed E-state index contributed by atoms with van der Waals surface area (Å²) in [7, 11) is 0. The molecule has 1 atom stereocenters. The molecule has 0 spiro atoms. The van der Waals surface area contributed by atoms with Gasteiger partial charge in [0.2, 0.25) is 0 Å². The van der Waals surface area contributed by atoms with E-state index in [1.165, 1.54) is 5.56 Å². The molecular weight excluding hydrogens is 289 g/mol. The monoisotopic (exact) mass is 307 g/mol. The molecule has 0 heterocycles. The highest BCUT2D eigenvalue weighted by molar-refractivity contribution is 6.42. The van der Waals surface area contributed by atoms with Crippen LogP contribution in [0, 0.1) is 0 Å². The highest BCUT2D eigenvalue weighted by atomic mass is 35.5. The quantitative estimate of drug-likeness (QED) is 0.808. The van der Waals surface area contributed by atoms with Crippen LogP contribution >= 0.6 is 23.2 Å². The lowest BCUT2D eigenvalue weighted by atomic mass is 9.96. The third kappa shape index (κ3) is 3.76. The van der Waals surface area contributed by atoms with Gasteiger partial charge >= 0.3 is 0 Å². The topological polar surface area (TPSA) is 26.0 Å². The highest BCUT2D eigenvalue weighted by Gasteiger charge is 2.09. The van der Waals surface area contributed by atoms with E-state index in [9.17, 15) is 0 Å². The zero-order valence-corrected chi connectivity index (χ0v) is 13.2. The van der Waals surface area contributed by atoms with Crippen molar-refractivity contribution < 1.29 is 0 Å². The van der Waals surface area contributed by atoms with Crippen molar-refractivity contribution in [3.8, 4) is 0 Å². The highest BCUT2D eigenvalue weighted by Crippen LogP contribution is 2.25. The van der Waals surface area contributed by atoms with Crippen LogP contribution in [0.4, 0.5) is 0 Å². The van der Waals surface area contributed by atoms with Crippen LogP contribution in [0.2, 0.25) is 10.0 Å². The number of nitrogens with two attached hydrogens (primary N) is 1. The molecule has 0 bridgehead atoms. The van der Waals surface area contributed by atoms with Crippen molar-refractivity contribution >= 4 is 23.2 Å². The molecule has 0 aliphatic carbocycles. The second kappa shape index (κ2) is 6.62. The molecule has 0 fully saturated rings. The van der Waals surface area contributed by atoms with E-state index < -0.39 is 0 Å². The van der Waals surface area contributed by atoms with E-state index in [4.69, 9.17) is 28.9 Å². The minimum absolute atomic E-state index is 0.0338. The van der Waals surface area contributed by atoms with Gasteiger partial charge in [-0.1, -0.05) is 67.4 Å². The molecular formula is C17H19Cl2N. The molecule has 2 N–H and O–H groups in total. The summed E-state index contributed by atoms with van der Waals surface area (Å²) in [6.07, 6.45) is 0.748. The van der Waals surface area contributed by atoms with Gasteiger partial charge in [-0.25, -0.2) is 0 Å². The molecule has 20 heavy (non-hydrogen) atoms. The molecule has 0 radical (unpaired) electrons. The Balaban J connectivity index is 2.10. The maximum absolute atomic E-state index is 6.27. The van der Waals surface area contributed by atoms with Gasteiger partial charge in [0, 0.05) is 6.04 Å². The average Bonchev–Trinajstić information content (AvgIpc) is 2.43. The van der Waals surface area contributed by atoms with Crippen molar-refractivity contribution in [2.75, 3.05) is 0 Å². The van der Waals surface area contributed by atoms with E-state index in [1.807, 2.05) is 18.2 Å². The summed E-state index contributed by atoms with van der Waals surface area (Å²) in [4.78, 5) is 0. The van der Waals surface area contributed by atoms with Crippen molar-refractivity contribution in [3.05, 3.63) is 69.2 Å². The lowest BCUT2D eigenvalue weighted by Crippen LogP contribution is -2.13. The van der Waals surface area contributed by atoms with Gasteiger partial charge in [0.05, 0.1) is 10.0 Å². The van der Waals surface area contributed by atoms with Crippen LogP contribution in [0.15, 0.2) is 42.5 Å². The lowest BCUT2D eigenvalue weighted by molar-refractivity contribution is 0.720. The van der Waals surface area contributed by atoms with E-state index in [1.54, 1.807) is 0 Å². The van der Waals surface area contributed by atoms with E-state index in [-0.39, 0.29) is 6.04 Å².